The Labute approximate surface area is 140 Å². The average Bonchev–Trinajstić information content (AvgIpc) is 2.59. The summed E-state index contributed by atoms with van der Waals surface area (Å²) in [7, 11) is 1.55. The normalized spacial score (nSPS) is 17.6. The van der Waals surface area contributed by atoms with Crippen LogP contribution in [-0.2, 0) is 12.1 Å². The SMILES string of the molecule is COc1ccc(CN2CCC(O)(c3cccnc3F)CC2)c(O)c1. The minimum Gasteiger partial charge on any atom is -0.507 e. The van der Waals surface area contributed by atoms with Gasteiger partial charge in [0.25, 0.3) is 0 Å². The molecule has 0 bridgehead atoms. The van der Waals surface area contributed by atoms with E-state index < -0.39 is 11.5 Å². The van der Waals surface area contributed by atoms with Crippen molar-refractivity contribution in [3.63, 3.8) is 0 Å². The average molecular weight is 332 g/mol. The molecule has 2 heterocycles. The van der Waals surface area contributed by atoms with Gasteiger partial charge in [0.15, 0.2) is 0 Å². The van der Waals surface area contributed by atoms with Crippen LogP contribution in [0.2, 0.25) is 0 Å². The molecule has 1 aliphatic rings. The standard InChI is InChI=1S/C18H21FN2O3/c1-24-14-5-4-13(16(22)11-14)12-21-9-6-18(23,7-10-21)15-3-2-8-20-17(15)19/h2-5,8,11,22-23H,6-7,9-10,12H2,1H3. The quantitative estimate of drug-likeness (QED) is 0.842. The first-order valence-electron chi connectivity index (χ1n) is 7.93. The Morgan fingerprint density at radius 1 is 1.29 bits per heavy atom. The zero-order chi connectivity index (χ0) is 17.2. The second kappa shape index (κ2) is 6.75. The summed E-state index contributed by atoms with van der Waals surface area (Å²) in [4.78, 5) is 5.76. The number of rotatable bonds is 4. The van der Waals surface area contributed by atoms with E-state index in [0.717, 1.165) is 5.56 Å². The van der Waals surface area contributed by atoms with Gasteiger partial charge in [-0.05, 0) is 25.0 Å². The number of piperidine rings is 1. The number of nitrogens with zero attached hydrogens (tertiary/aromatic N) is 2. The van der Waals surface area contributed by atoms with Gasteiger partial charge >= 0.3 is 0 Å². The Morgan fingerprint density at radius 2 is 2.04 bits per heavy atom. The zero-order valence-electron chi connectivity index (χ0n) is 13.6. The molecule has 1 aromatic heterocycles. The van der Waals surface area contributed by atoms with E-state index in [0.29, 0.717) is 38.2 Å². The van der Waals surface area contributed by atoms with Crippen LogP contribution in [0.4, 0.5) is 4.39 Å². The third-order valence-corrected chi connectivity index (χ3v) is 4.63. The van der Waals surface area contributed by atoms with Gasteiger partial charge in [-0.15, -0.1) is 0 Å². The molecule has 0 aliphatic carbocycles. The third-order valence-electron chi connectivity index (χ3n) is 4.63. The summed E-state index contributed by atoms with van der Waals surface area (Å²) < 4.78 is 18.9. The topological polar surface area (TPSA) is 65.8 Å². The lowest BCUT2D eigenvalue weighted by atomic mass is 9.85. The first-order chi connectivity index (χ1) is 11.5. The predicted molar refractivity (Wildman–Crippen MR) is 87.3 cm³/mol. The molecule has 24 heavy (non-hydrogen) atoms. The van der Waals surface area contributed by atoms with Crippen molar-refractivity contribution in [2.24, 2.45) is 0 Å². The number of phenols is 1. The molecule has 128 valence electrons. The van der Waals surface area contributed by atoms with Crippen LogP contribution in [0.25, 0.3) is 0 Å². The number of hydrogen-bond donors (Lipinski definition) is 2. The molecule has 2 N–H and O–H groups in total. The Balaban J connectivity index is 1.66. The molecule has 0 saturated carbocycles. The van der Waals surface area contributed by atoms with Gasteiger partial charge in [0.05, 0.1) is 12.7 Å². The highest BCUT2D eigenvalue weighted by molar-refractivity contribution is 5.39. The predicted octanol–water partition coefficient (Wildman–Crippen LogP) is 2.42. The van der Waals surface area contributed by atoms with Gasteiger partial charge in [-0.1, -0.05) is 12.1 Å². The molecule has 0 amide bonds. The van der Waals surface area contributed by atoms with E-state index in [1.54, 1.807) is 31.4 Å². The van der Waals surface area contributed by atoms with Crippen LogP contribution in [0, 0.1) is 5.95 Å². The van der Waals surface area contributed by atoms with Crippen LogP contribution in [-0.4, -0.2) is 40.3 Å². The Morgan fingerprint density at radius 3 is 2.67 bits per heavy atom. The lowest BCUT2D eigenvalue weighted by molar-refractivity contribution is -0.0308. The lowest BCUT2D eigenvalue weighted by Gasteiger charge is -2.38. The smallest absolute Gasteiger partial charge is 0.218 e. The fourth-order valence-electron chi connectivity index (χ4n) is 3.13. The summed E-state index contributed by atoms with van der Waals surface area (Å²) in [5, 5.41) is 20.8. The van der Waals surface area contributed by atoms with E-state index in [-0.39, 0.29) is 11.3 Å². The minimum absolute atomic E-state index is 0.188. The number of phenolic OH excluding ortho intramolecular Hbond substituents is 1. The van der Waals surface area contributed by atoms with Crippen molar-refractivity contribution in [3.05, 3.63) is 53.6 Å². The number of aliphatic hydroxyl groups is 1. The monoisotopic (exact) mass is 332 g/mol. The third kappa shape index (κ3) is 3.34. The number of aromatic nitrogens is 1. The molecule has 0 atom stereocenters. The van der Waals surface area contributed by atoms with Gasteiger partial charge in [-0.25, -0.2) is 4.98 Å². The molecule has 1 fully saturated rings. The van der Waals surface area contributed by atoms with Crippen LogP contribution in [0.15, 0.2) is 36.5 Å². The summed E-state index contributed by atoms with van der Waals surface area (Å²) in [6, 6.07) is 8.45. The molecule has 3 rings (SSSR count). The number of aromatic hydroxyl groups is 1. The Bertz CT molecular complexity index is 715. The van der Waals surface area contributed by atoms with Crippen molar-refractivity contribution in [1.82, 2.24) is 9.88 Å². The van der Waals surface area contributed by atoms with Gasteiger partial charge in [0.2, 0.25) is 5.95 Å². The van der Waals surface area contributed by atoms with Gasteiger partial charge in [-0.3, -0.25) is 4.90 Å². The first kappa shape index (κ1) is 16.7. The maximum absolute atomic E-state index is 13.9. The molecule has 1 aliphatic heterocycles. The number of methoxy groups -OCH3 is 1. The van der Waals surface area contributed by atoms with E-state index in [9.17, 15) is 14.6 Å². The number of pyridine rings is 1. The van der Waals surface area contributed by atoms with Crippen molar-refractivity contribution in [1.29, 1.82) is 0 Å². The van der Waals surface area contributed by atoms with Gasteiger partial charge in [0, 0.05) is 43.0 Å². The summed E-state index contributed by atoms with van der Waals surface area (Å²) >= 11 is 0. The number of ether oxygens (including phenoxy) is 1. The fourth-order valence-corrected chi connectivity index (χ4v) is 3.13. The summed E-state index contributed by atoms with van der Waals surface area (Å²) in [6.45, 7) is 1.79. The molecule has 6 heteroatoms. The maximum Gasteiger partial charge on any atom is 0.218 e. The van der Waals surface area contributed by atoms with Crippen LogP contribution in [0.5, 0.6) is 11.5 Å². The van der Waals surface area contributed by atoms with Gasteiger partial charge in [0.1, 0.15) is 11.5 Å². The van der Waals surface area contributed by atoms with Crippen molar-refractivity contribution < 1.29 is 19.3 Å². The van der Waals surface area contributed by atoms with Crippen molar-refractivity contribution in [2.75, 3.05) is 20.2 Å². The molecular formula is C18H21FN2O3. The largest absolute Gasteiger partial charge is 0.507 e. The molecule has 0 spiro atoms. The first-order valence-corrected chi connectivity index (χ1v) is 7.93. The molecule has 0 unspecified atom stereocenters. The number of hydrogen-bond acceptors (Lipinski definition) is 5. The fraction of sp³-hybridized carbons (Fsp3) is 0.389. The van der Waals surface area contributed by atoms with Crippen molar-refractivity contribution >= 4 is 0 Å². The van der Waals surface area contributed by atoms with E-state index >= 15 is 0 Å². The summed E-state index contributed by atoms with van der Waals surface area (Å²) in [6.07, 6.45) is 2.23. The minimum atomic E-state index is -1.18. The highest BCUT2D eigenvalue weighted by Crippen LogP contribution is 2.34. The van der Waals surface area contributed by atoms with Gasteiger partial charge in [-0.2, -0.15) is 4.39 Å². The van der Waals surface area contributed by atoms with E-state index in [4.69, 9.17) is 4.74 Å². The molecular weight excluding hydrogens is 311 g/mol. The second-order valence-corrected chi connectivity index (χ2v) is 6.14. The van der Waals surface area contributed by atoms with Crippen LogP contribution < -0.4 is 4.74 Å². The molecule has 1 saturated heterocycles. The summed E-state index contributed by atoms with van der Waals surface area (Å²) in [5.41, 5.74) is -0.123. The second-order valence-electron chi connectivity index (χ2n) is 6.14. The van der Waals surface area contributed by atoms with Crippen LogP contribution in [0.1, 0.15) is 24.0 Å². The Kier molecular flexibility index (Phi) is 4.69. The van der Waals surface area contributed by atoms with Crippen LogP contribution in [0.3, 0.4) is 0 Å². The van der Waals surface area contributed by atoms with Gasteiger partial charge < -0.3 is 14.9 Å². The van der Waals surface area contributed by atoms with E-state index in [1.165, 1.54) is 6.20 Å². The Hall–Kier alpha value is -2.18. The summed E-state index contributed by atoms with van der Waals surface area (Å²) in [5.74, 6) is 0.186. The molecule has 5 nitrogen and oxygen atoms in total. The maximum atomic E-state index is 13.9. The van der Waals surface area contributed by atoms with Crippen molar-refractivity contribution in [3.8, 4) is 11.5 Å². The number of benzene rings is 1. The molecule has 2 aromatic rings. The highest BCUT2D eigenvalue weighted by Gasteiger charge is 2.36. The van der Waals surface area contributed by atoms with E-state index in [1.807, 2.05) is 6.07 Å². The molecule has 1 aromatic carbocycles. The zero-order valence-corrected chi connectivity index (χ0v) is 13.6. The number of halogens is 1. The lowest BCUT2D eigenvalue weighted by Crippen LogP contribution is -2.42. The van der Waals surface area contributed by atoms with E-state index in [2.05, 4.69) is 9.88 Å². The highest BCUT2D eigenvalue weighted by atomic mass is 19.1. The number of likely N-dealkylation sites (tertiary alicyclic amines) is 1. The molecule has 0 radical (unpaired) electrons. The van der Waals surface area contributed by atoms with Crippen molar-refractivity contribution in [2.45, 2.75) is 25.0 Å². The van der Waals surface area contributed by atoms with Crippen LogP contribution >= 0.6 is 0 Å².